The summed E-state index contributed by atoms with van der Waals surface area (Å²) < 4.78 is 5.12. The van der Waals surface area contributed by atoms with Gasteiger partial charge in [-0.05, 0) is 12.5 Å². The Hall–Kier alpha value is -1.13. The van der Waals surface area contributed by atoms with Gasteiger partial charge in [0, 0.05) is 11.8 Å². The van der Waals surface area contributed by atoms with Gasteiger partial charge in [0.15, 0.2) is 0 Å². The van der Waals surface area contributed by atoms with Crippen molar-refractivity contribution < 1.29 is 4.74 Å². The average Bonchev–Trinajstić information content (AvgIpc) is 2.20. The minimum Gasteiger partial charge on any atom is -0.481 e. The summed E-state index contributed by atoms with van der Waals surface area (Å²) in [6.45, 7) is 2.05. The summed E-state index contributed by atoms with van der Waals surface area (Å²) in [6, 6.07) is 3.93. The predicted molar refractivity (Wildman–Crippen MR) is 51.1 cm³/mol. The van der Waals surface area contributed by atoms with Crippen LogP contribution in [0.4, 0.5) is 0 Å². The predicted octanol–water partition coefficient (Wildman–Crippen LogP) is 1.00. The molecular weight excluding hydrogens is 166 g/mol. The van der Waals surface area contributed by atoms with Crippen molar-refractivity contribution in [3.8, 4) is 5.88 Å². The fourth-order valence-electron chi connectivity index (χ4n) is 1.27. The Morgan fingerprint density at radius 3 is 3.00 bits per heavy atom. The Bertz CT molecular complexity index is 261. The molecular formula is C9H15N3O. The lowest BCUT2D eigenvalue weighted by molar-refractivity contribution is 0.381. The van der Waals surface area contributed by atoms with Crippen LogP contribution in [0, 0.1) is 0 Å². The molecule has 1 rings (SSSR count). The summed E-state index contributed by atoms with van der Waals surface area (Å²) in [5.41, 5.74) is 3.72. The van der Waals surface area contributed by atoms with Gasteiger partial charge in [-0.15, -0.1) is 0 Å². The topological polar surface area (TPSA) is 60.2 Å². The Labute approximate surface area is 78.1 Å². The normalized spacial score (nSPS) is 12.5. The molecule has 4 heteroatoms. The summed E-state index contributed by atoms with van der Waals surface area (Å²) in [7, 11) is 1.61. The number of pyridine rings is 1. The second kappa shape index (κ2) is 4.79. The quantitative estimate of drug-likeness (QED) is 0.537. The van der Waals surface area contributed by atoms with Crippen LogP contribution in [0.15, 0.2) is 18.3 Å². The lowest BCUT2D eigenvalue weighted by Crippen LogP contribution is -2.27. The van der Waals surface area contributed by atoms with Crippen molar-refractivity contribution in [2.75, 3.05) is 7.11 Å². The van der Waals surface area contributed by atoms with Crippen LogP contribution < -0.4 is 16.0 Å². The molecule has 0 saturated heterocycles. The summed E-state index contributed by atoms with van der Waals surface area (Å²) in [5.74, 6) is 6.04. The molecule has 0 fully saturated rings. The summed E-state index contributed by atoms with van der Waals surface area (Å²) >= 11 is 0. The number of hydrazine groups is 1. The Balaban J connectivity index is 2.96. The zero-order valence-electron chi connectivity index (χ0n) is 7.95. The van der Waals surface area contributed by atoms with Crippen molar-refractivity contribution in [2.45, 2.75) is 19.4 Å². The van der Waals surface area contributed by atoms with Gasteiger partial charge in [-0.2, -0.15) is 0 Å². The summed E-state index contributed by atoms with van der Waals surface area (Å²) in [6.07, 6.45) is 2.60. The van der Waals surface area contributed by atoms with Crippen LogP contribution in [-0.4, -0.2) is 12.1 Å². The van der Waals surface area contributed by atoms with Crippen LogP contribution in [0.5, 0.6) is 5.88 Å². The first-order valence-electron chi connectivity index (χ1n) is 4.28. The van der Waals surface area contributed by atoms with E-state index in [0.717, 1.165) is 12.0 Å². The summed E-state index contributed by atoms with van der Waals surface area (Å²) in [4.78, 5) is 4.10. The van der Waals surface area contributed by atoms with Gasteiger partial charge in [0.25, 0.3) is 0 Å². The van der Waals surface area contributed by atoms with E-state index in [-0.39, 0.29) is 6.04 Å². The minimum absolute atomic E-state index is 0.101. The maximum absolute atomic E-state index is 5.41. The van der Waals surface area contributed by atoms with Crippen molar-refractivity contribution in [2.24, 2.45) is 5.84 Å². The van der Waals surface area contributed by atoms with Gasteiger partial charge >= 0.3 is 0 Å². The van der Waals surface area contributed by atoms with Crippen molar-refractivity contribution in [3.05, 3.63) is 23.9 Å². The third-order valence-corrected chi connectivity index (χ3v) is 1.98. The molecule has 0 aliphatic heterocycles. The second-order valence-electron chi connectivity index (χ2n) is 2.73. The monoisotopic (exact) mass is 181 g/mol. The van der Waals surface area contributed by atoms with Crippen LogP contribution in [0.25, 0.3) is 0 Å². The smallest absolute Gasteiger partial charge is 0.217 e. The molecule has 0 amide bonds. The van der Waals surface area contributed by atoms with E-state index >= 15 is 0 Å². The zero-order valence-corrected chi connectivity index (χ0v) is 7.95. The summed E-state index contributed by atoms with van der Waals surface area (Å²) in [5, 5.41) is 0. The second-order valence-corrected chi connectivity index (χ2v) is 2.73. The Kier molecular flexibility index (Phi) is 3.67. The fourth-order valence-corrected chi connectivity index (χ4v) is 1.27. The Morgan fingerprint density at radius 1 is 1.69 bits per heavy atom. The minimum atomic E-state index is 0.101. The van der Waals surface area contributed by atoms with Crippen LogP contribution in [0.2, 0.25) is 0 Å². The molecule has 0 bridgehead atoms. The van der Waals surface area contributed by atoms with E-state index in [1.54, 1.807) is 13.3 Å². The molecule has 0 aromatic carbocycles. The number of nitrogens with two attached hydrogens (primary N) is 1. The van der Waals surface area contributed by atoms with E-state index in [1.165, 1.54) is 0 Å². The third-order valence-electron chi connectivity index (χ3n) is 1.98. The molecule has 0 aliphatic carbocycles. The van der Waals surface area contributed by atoms with Crippen molar-refractivity contribution in [3.63, 3.8) is 0 Å². The first-order valence-corrected chi connectivity index (χ1v) is 4.28. The van der Waals surface area contributed by atoms with Crippen LogP contribution in [0.3, 0.4) is 0 Å². The zero-order chi connectivity index (χ0) is 9.68. The number of methoxy groups -OCH3 is 1. The van der Waals surface area contributed by atoms with Gasteiger partial charge < -0.3 is 4.74 Å². The molecule has 0 aliphatic rings. The van der Waals surface area contributed by atoms with Crippen molar-refractivity contribution in [1.29, 1.82) is 0 Å². The first kappa shape index (κ1) is 9.95. The highest BCUT2D eigenvalue weighted by Gasteiger charge is 2.12. The maximum Gasteiger partial charge on any atom is 0.217 e. The highest BCUT2D eigenvalue weighted by molar-refractivity contribution is 5.28. The molecule has 4 nitrogen and oxygen atoms in total. The van der Waals surface area contributed by atoms with Gasteiger partial charge in [-0.3, -0.25) is 11.3 Å². The van der Waals surface area contributed by atoms with E-state index in [0.29, 0.717) is 5.88 Å². The SMILES string of the molecule is CCC(NN)c1cccnc1OC. The van der Waals surface area contributed by atoms with Gasteiger partial charge in [0.05, 0.1) is 13.2 Å². The highest BCUT2D eigenvalue weighted by Crippen LogP contribution is 2.23. The maximum atomic E-state index is 5.41. The molecule has 0 radical (unpaired) electrons. The Morgan fingerprint density at radius 2 is 2.46 bits per heavy atom. The number of nitrogens with zero attached hydrogens (tertiary/aromatic N) is 1. The van der Waals surface area contributed by atoms with E-state index in [4.69, 9.17) is 10.6 Å². The van der Waals surface area contributed by atoms with Crippen LogP contribution in [0.1, 0.15) is 24.9 Å². The number of aromatic nitrogens is 1. The third kappa shape index (κ3) is 2.17. The van der Waals surface area contributed by atoms with Gasteiger partial charge in [-0.1, -0.05) is 13.0 Å². The van der Waals surface area contributed by atoms with Crippen molar-refractivity contribution >= 4 is 0 Å². The fraction of sp³-hybridized carbons (Fsp3) is 0.444. The van der Waals surface area contributed by atoms with Gasteiger partial charge in [-0.25, -0.2) is 4.98 Å². The molecule has 1 heterocycles. The van der Waals surface area contributed by atoms with Gasteiger partial charge in [0.1, 0.15) is 0 Å². The highest BCUT2D eigenvalue weighted by atomic mass is 16.5. The number of rotatable bonds is 4. The van der Waals surface area contributed by atoms with Crippen LogP contribution >= 0.6 is 0 Å². The molecule has 1 aromatic heterocycles. The molecule has 3 N–H and O–H groups in total. The molecule has 13 heavy (non-hydrogen) atoms. The molecule has 0 saturated carbocycles. The molecule has 1 atom stereocenters. The lowest BCUT2D eigenvalue weighted by atomic mass is 10.1. The van der Waals surface area contributed by atoms with Gasteiger partial charge in [0.2, 0.25) is 5.88 Å². The standard InChI is InChI=1S/C9H15N3O/c1-3-8(12-10)7-5-4-6-11-9(7)13-2/h4-6,8,12H,3,10H2,1-2H3. The average molecular weight is 181 g/mol. The number of nitrogens with one attached hydrogen (secondary N) is 1. The first-order chi connectivity index (χ1) is 6.33. The van der Waals surface area contributed by atoms with Crippen molar-refractivity contribution in [1.82, 2.24) is 10.4 Å². The number of hydrogen-bond acceptors (Lipinski definition) is 4. The largest absolute Gasteiger partial charge is 0.481 e. The molecule has 1 unspecified atom stereocenters. The van der Waals surface area contributed by atoms with Crippen LogP contribution in [-0.2, 0) is 0 Å². The van der Waals surface area contributed by atoms with E-state index < -0.39 is 0 Å². The molecule has 0 spiro atoms. The van der Waals surface area contributed by atoms with E-state index in [2.05, 4.69) is 17.3 Å². The number of ether oxygens (including phenoxy) is 1. The number of hydrogen-bond donors (Lipinski definition) is 2. The lowest BCUT2D eigenvalue weighted by Gasteiger charge is -2.15. The molecule has 72 valence electrons. The van der Waals surface area contributed by atoms with E-state index in [9.17, 15) is 0 Å². The van der Waals surface area contributed by atoms with E-state index in [1.807, 2.05) is 12.1 Å². The molecule has 1 aromatic rings.